The lowest BCUT2D eigenvalue weighted by molar-refractivity contribution is 0.104. The molecule has 2 N–H and O–H groups in total. The first kappa shape index (κ1) is 21.4. The number of likely N-dealkylation sites (tertiary alicyclic amines) is 1. The summed E-state index contributed by atoms with van der Waals surface area (Å²) in [5.41, 5.74) is 3.13. The van der Waals surface area contributed by atoms with Crippen molar-refractivity contribution in [1.29, 1.82) is 0 Å². The molecule has 1 aliphatic heterocycles. The van der Waals surface area contributed by atoms with Crippen molar-refractivity contribution in [3.05, 3.63) is 48.2 Å². The van der Waals surface area contributed by atoms with Crippen LogP contribution in [0.2, 0.25) is 0 Å². The van der Waals surface area contributed by atoms with Crippen molar-refractivity contribution < 1.29 is 14.6 Å². The summed E-state index contributed by atoms with van der Waals surface area (Å²) in [6.07, 6.45) is 6.00. The highest BCUT2D eigenvalue weighted by Crippen LogP contribution is 2.33. The summed E-state index contributed by atoms with van der Waals surface area (Å²) in [6.45, 7) is 5.46. The summed E-state index contributed by atoms with van der Waals surface area (Å²) in [6, 6.07) is 7.83. The highest BCUT2D eigenvalue weighted by Gasteiger charge is 2.19. The molecule has 0 unspecified atom stereocenters. The lowest BCUT2D eigenvalue weighted by Crippen LogP contribution is -2.37. The van der Waals surface area contributed by atoms with E-state index in [0.717, 1.165) is 64.4 Å². The van der Waals surface area contributed by atoms with Gasteiger partial charge in [-0.15, -0.1) is 11.3 Å². The molecule has 9 nitrogen and oxygen atoms in total. The van der Waals surface area contributed by atoms with Gasteiger partial charge in [-0.05, 0) is 43.7 Å². The summed E-state index contributed by atoms with van der Waals surface area (Å²) in [7, 11) is 0. The molecule has 170 valence electrons. The van der Waals surface area contributed by atoms with E-state index in [1.807, 2.05) is 29.6 Å². The van der Waals surface area contributed by atoms with Crippen LogP contribution < -0.4 is 10.1 Å². The third kappa shape index (κ3) is 4.67. The molecule has 0 bridgehead atoms. The molecule has 33 heavy (non-hydrogen) atoms. The Hall–Kier alpha value is -3.50. The highest BCUT2D eigenvalue weighted by molar-refractivity contribution is 7.17. The van der Waals surface area contributed by atoms with E-state index in [2.05, 4.69) is 32.2 Å². The third-order valence-corrected chi connectivity index (χ3v) is 6.70. The van der Waals surface area contributed by atoms with E-state index >= 15 is 0 Å². The molecule has 0 saturated carbocycles. The number of nitrogens with zero attached hydrogens (tertiary/aromatic N) is 5. The second-order valence-corrected chi connectivity index (χ2v) is 8.82. The SMILES string of the molecule is CCN1CCC(Oc2ccc(Nc3ncc4scc(-c5cnn(C(=O)O)c5)c4n3)cc2)CC1. The Morgan fingerprint density at radius 2 is 2.03 bits per heavy atom. The van der Waals surface area contributed by atoms with Crippen molar-refractivity contribution in [1.82, 2.24) is 24.6 Å². The van der Waals surface area contributed by atoms with Gasteiger partial charge in [0.25, 0.3) is 0 Å². The van der Waals surface area contributed by atoms with Gasteiger partial charge < -0.3 is 20.1 Å². The first-order valence-corrected chi connectivity index (χ1v) is 11.8. The van der Waals surface area contributed by atoms with Gasteiger partial charge in [0.15, 0.2) is 0 Å². The van der Waals surface area contributed by atoms with Gasteiger partial charge in [-0.3, -0.25) is 0 Å². The van der Waals surface area contributed by atoms with E-state index in [1.54, 1.807) is 6.20 Å². The number of hydrogen-bond donors (Lipinski definition) is 2. The van der Waals surface area contributed by atoms with E-state index in [4.69, 9.17) is 9.84 Å². The number of anilines is 2. The Balaban J connectivity index is 1.28. The van der Waals surface area contributed by atoms with Crippen LogP contribution in [0.5, 0.6) is 5.75 Å². The molecule has 4 aromatic rings. The number of fused-ring (bicyclic) bond motifs is 1. The maximum Gasteiger partial charge on any atom is 0.432 e. The van der Waals surface area contributed by atoms with Crippen LogP contribution in [0.1, 0.15) is 19.8 Å². The van der Waals surface area contributed by atoms with Crippen molar-refractivity contribution in [2.24, 2.45) is 0 Å². The minimum Gasteiger partial charge on any atom is -0.490 e. The molecule has 5 rings (SSSR count). The van der Waals surface area contributed by atoms with Crippen LogP contribution in [0.25, 0.3) is 21.3 Å². The van der Waals surface area contributed by atoms with Crippen molar-refractivity contribution >= 4 is 39.3 Å². The zero-order valence-corrected chi connectivity index (χ0v) is 19.0. The molecule has 0 spiro atoms. The molecular weight excluding hydrogens is 440 g/mol. The summed E-state index contributed by atoms with van der Waals surface area (Å²) in [5.74, 6) is 1.33. The van der Waals surface area contributed by atoms with Gasteiger partial charge in [0.05, 0.1) is 22.6 Å². The van der Waals surface area contributed by atoms with Crippen molar-refractivity contribution in [2.75, 3.05) is 25.0 Å². The monoisotopic (exact) mass is 464 g/mol. The lowest BCUT2D eigenvalue weighted by Gasteiger charge is -2.31. The van der Waals surface area contributed by atoms with E-state index in [1.165, 1.54) is 23.7 Å². The maximum atomic E-state index is 11.1. The molecule has 10 heteroatoms. The normalized spacial score (nSPS) is 15.1. The number of benzene rings is 1. The topological polar surface area (TPSA) is 105 Å². The van der Waals surface area contributed by atoms with Crippen molar-refractivity contribution in [2.45, 2.75) is 25.9 Å². The Labute approximate surface area is 194 Å². The van der Waals surface area contributed by atoms with E-state index in [-0.39, 0.29) is 6.10 Å². The van der Waals surface area contributed by atoms with Crippen molar-refractivity contribution in [3.8, 4) is 16.9 Å². The molecule has 4 heterocycles. The van der Waals surface area contributed by atoms with Crippen LogP contribution in [0.4, 0.5) is 16.4 Å². The largest absolute Gasteiger partial charge is 0.490 e. The lowest BCUT2D eigenvalue weighted by atomic mass is 10.1. The summed E-state index contributed by atoms with van der Waals surface area (Å²) < 4.78 is 7.95. The predicted molar refractivity (Wildman–Crippen MR) is 128 cm³/mol. The minimum atomic E-state index is -1.13. The standard InChI is InChI=1S/C23H24N6O3S/c1-2-28-9-7-18(8-10-28)32-17-5-3-16(4-6-17)26-22-24-12-20-21(27-22)19(14-33-20)15-11-25-29(13-15)23(30)31/h3-6,11-14,18H,2,7-10H2,1H3,(H,30,31)(H,24,26,27). The van der Waals surface area contributed by atoms with Gasteiger partial charge in [0.1, 0.15) is 11.9 Å². The van der Waals surface area contributed by atoms with Crippen LogP contribution in [-0.2, 0) is 0 Å². The van der Waals surface area contributed by atoms with Gasteiger partial charge in [-0.25, -0.2) is 14.8 Å². The van der Waals surface area contributed by atoms with Gasteiger partial charge in [0, 0.05) is 41.5 Å². The summed E-state index contributed by atoms with van der Waals surface area (Å²) in [5, 5.41) is 18.2. The number of carbonyl (C=O) groups is 1. The van der Waals surface area contributed by atoms with Gasteiger partial charge in [0.2, 0.25) is 5.95 Å². The van der Waals surface area contributed by atoms with E-state index in [9.17, 15) is 4.79 Å². The number of ether oxygens (including phenoxy) is 1. The van der Waals surface area contributed by atoms with Crippen LogP contribution in [0, 0.1) is 0 Å². The molecular formula is C23H24N6O3S. The Kier molecular flexibility index (Phi) is 5.93. The highest BCUT2D eigenvalue weighted by atomic mass is 32.1. The fourth-order valence-corrected chi connectivity index (χ4v) is 4.81. The number of piperidine rings is 1. The van der Waals surface area contributed by atoms with Crippen LogP contribution in [-0.4, -0.2) is 61.6 Å². The molecule has 0 radical (unpaired) electrons. The number of thiophene rings is 1. The smallest absolute Gasteiger partial charge is 0.432 e. The molecule has 1 saturated heterocycles. The average Bonchev–Trinajstić information content (AvgIpc) is 3.48. The molecule has 0 atom stereocenters. The second kappa shape index (κ2) is 9.16. The molecule has 1 fully saturated rings. The first-order chi connectivity index (χ1) is 16.1. The quantitative estimate of drug-likeness (QED) is 0.423. The van der Waals surface area contributed by atoms with E-state index < -0.39 is 6.09 Å². The molecule has 0 aliphatic carbocycles. The maximum absolute atomic E-state index is 11.1. The van der Waals surface area contributed by atoms with Crippen LogP contribution in [0.15, 0.2) is 48.2 Å². The fraction of sp³-hybridized carbons (Fsp3) is 0.304. The molecule has 1 aliphatic rings. The number of hydrogen-bond acceptors (Lipinski definition) is 8. The Morgan fingerprint density at radius 3 is 2.73 bits per heavy atom. The van der Waals surface area contributed by atoms with Gasteiger partial charge in [-0.1, -0.05) is 6.92 Å². The van der Waals surface area contributed by atoms with Gasteiger partial charge in [-0.2, -0.15) is 9.78 Å². The predicted octanol–water partition coefficient (Wildman–Crippen LogP) is 4.69. The Bertz CT molecular complexity index is 1260. The van der Waals surface area contributed by atoms with Crippen LogP contribution >= 0.6 is 11.3 Å². The number of nitrogens with one attached hydrogen (secondary N) is 1. The third-order valence-electron chi connectivity index (χ3n) is 5.80. The molecule has 3 aromatic heterocycles. The van der Waals surface area contributed by atoms with Gasteiger partial charge >= 0.3 is 6.09 Å². The molecule has 0 amide bonds. The summed E-state index contributed by atoms with van der Waals surface area (Å²) in [4.78, 5) is 22.6. The number of carboxylic acid groups (broad SMARTS) is 1. The average molecular weight is 465 g/mol. The first-order valence-electron chi connectivity index (χ1n) is 10.9. The van der Waals surface area contributed by atoms with Crippen LogP contribution in [0.3, 0.4) is 0 Å². The zero-order chi connectivity index (χ0) is 22.8. The number of rotatable bonds is 6. The summed E-state index contributed by atoms with van der Waals surface area (Å²) >= 11 is 1.50. The Morgan fingerprint density at radius 1 is 1.24 bits per heavy atom. The van der Waals surface area contributed by atoms with Crippen molar-refractivity contribution in [3.63, 3.8) is 0 Å². The second-order valence-electron chi connectivity index (χ2n) is 7.91. The zero-order valence-electron chi connectivity index (χ0n) is 18.1. The van der Waals surface area contributed by atoms with E-state index in [0.29, 0.717) is 11.5 Å². The number of aromatic nitrogens is 4. The fourth-order valence-electron chi connectivity index (χ4n) is 3.94. The minimum absolute atomic E-state index is 0.264. The molecule has 1 aromatic carbocycles.